The summed E-state index contributed by atoms with van der Waals surface area (Å²) in [6, 6.07) is 6.26. The minimum Gasteiger partial charge on any atom is -0.441 e. The van der Waals surface area contributed by atoms with E-state index in [4.69, 9.17) is 4.42 Å². The molecule has 0 saturated carbocycles. The number of hydrogen-bond donors (Lipinski definition) is 0. The van der Waals surface area contributed by atoms with Crippen LogP contribution in [0.15, 0.2) is 22.6 Å². The summed E-state index contributed by atoms with van der Waals surface area (Å²) in [7, 11) is 2.17. The van der Waals surface area contributed by atoms with Crippen molar-refractivity contribution in [3.8, 4) is 0 Å². The van der Waals surface area contributed by atoms with Crippen molar-refractivity contribution in [1.29, 1.82) is 0 Å². The summed E-state index contributed by atoms with van der Waals surface area (Å²) in [5.74, 6) is 0.732. The van der Waals surface area contributed by atoms with Gasteiger partial charge < -0.3 is 14.2 Å². The van der Waals surface area contributed by atoms with Crippen LogP contribution in [0.1, 0.15) is 5.89 Å². The molecule has 90 valence electrons. The lowest BCUT2D eigenvalue weighted by molar-refractivity contribution is 0.313. The minimum atomic E-state index is 0.732. The quantitative estimate of drug-likeness (QED) is 0.750. The first-order chi connectivity index (χ1) is 8.22. The van der Waals surface area contributed by atoms with E-state index in [-0.39, 0.29) is 0 Å². The van der Waals surface area contributed by atoms with Crippen molar-refractivity contribution in [2.75, 3.05) is 38.1 Å². The number of rotatable bonds is 1. The summed E-state index contributed by atoms with van der Waals surface area (Å²) in [6.45, 7) is 6.29. The van der Waals surface area contributed by atoms with Gasteiger partial charge in [0.15, 0.2) is 11.5 Å². The molecule has 2 heterocycles. The number of benzene rings is 1. The van der Waals surface area contributed by atoms with E-state index >= 15 is 0 Å². The number of oxazole rings is 1. The molecule has 17 heavy (non-hydrogen) atoms. The summed E-state index contributed by atoms with van der Waals surface area (Å²) in [5.41, 5.74) is 3.08. The maximum atomic E-state index is 5.49. The van der Waals surface area contributed by atoms with Crippen molar-refractivity contribution < 1.29 is 4.42 Å². The van der Waals surface area contributed by atoms with Gasteiger partial charge in [0.05, 0.1) is 0 Å². The maximum absolute atomic E-state index is 5.49. The molecule has 0 radical (unpaired) electrons. The Balaban J connectivity index is 1.89. The topological polar surface area (TPSA) is 32.5 Å². The zero-order valence-corrected chi connectivity index (χ0v) is 10.3. The highest BCUT2D eigenvalue weighted by Gasteiger charge is 2.15. The Kier molecular flexibility index (Phi) is 2.52. The molecule has 0 spiro atoms. The average molecular weight is 231 g/mol. The molecular weight excluding hydrogens is 214 g/mol. The van der Waals surface area contributed by atoms with E-state index in [0.29, 0.717) is 0 Å². The van der Waals surface area contributed by atoms with Crippen LogP contribution in [0.3, 0.4) is 0 Å². The Bertz CT molecular complexity index is 526. The van der Waals surface area contributed by atoms with E-state index in [9.17, 15) is 0 Å². The second-order valence-corrected chi connectivity index (χ2v) is 4.68. The third kappa shape index (κ3) is 2.00. The van der Waals surface area contributed by atoms with Gasteiger partial charge in [0, 0.05) is 38.8 Å². The van der Waals surface area contributed by atoms with Gasteiger partial charge in [0.25, 0.3) is 0 Å². The van der Waals surface area contributed by atoms with Crippen LogP contribution in [-0.4, -0.2) is 43.1 Å². The lowest BCUT2D eigenvalue weighted by atomic mass is 10.2. The summed E-state index contributed by atoms with van der Waals surface area (Å²) in [6.07, 6.45) is 0. The number of anilines is 1. The van der Waals surface area contributed by atoms with Gasteiger partial charge in [-0.1, -0.05) is 0 Å². The van der Waals surface area contributed by atoms with Gasteiger partial charge in [-0.05, 0) is 25.2 Å². The molecule has 4 heteroatoms. The summed E-state index contributed by atoms with van der Waals surface area (Å²) in [5, 5.41) is 0. The van der Waals surface area contributed by atoms with Crippen molar-refractivity contribution in [2.45, 2.75) is 6.92 Å². The van der Waals surface area contributed by atoms with Gasteiger partial charge in [-0.2, -0.15) is 0 Å². The van der Waals surface area contributed by atoms with E-state index in [2.05, 4.69) is 34.0 Å². The number of piperazine rings is 1. The smallest absolute Gasteiger partial charge is 0.192 e. The van der Waals surface area contributed by atoms with Gasteiger partial charge in [0.2, 0.25) is 0 Å². The van der Waals surface area contributed by atoms with E-state index in [1.165, 1.54) is 5.69 Å². The maximum Gasteiger partial charge on any atom is 0.192 e. The monoisotopic (exact) mass is 231 g/mol. The second kappa shape index (κ2) is 4.04. The lowest BCUT2D eigenvalue weighted by Crippen LogP contribution is -2.44. The van der Waals surface area contributed by atoms with Crippen LogP contribution in [0.2, 0.25) is 0 Å². The van der Waals surface area contributed by atoms with Crippen molar-refractivity contribution in [2.24, 2.45) is 0 Å². The van der Waals surface area contributed by atoms with Crippen LogP contribution in [-0.2, 0) is 0 Å². The molecule has 1 aliphatic heterocycles. The van der Waals surface area contributed by atoms with Crippen molar-refractivity contribution >= 4 is 16.8 Å². The Hall–Kier alpha value is -1.55. The van der Waals surface area contributed by atoms with Crippen LogP contribution in [0.25, 0.3) is 11.1 Å². The third-order valence-corrected chi connectivity index (χ3v) is 3.35. The molecule has 1 aliphatic rings. The number of hydrogen-bond acceptors (Lipinski definition) is 4. The number of likely N-dealkylation sites (N-methyl/N-ethyl adjacent to an activating group) is 1. The molecule has 0 atom stereocenters. The Morgan fingerprint density at radius 3 is 2.71 bits per heavy atom. The normalized spacial score (nSPS) is 17.9. The highest BCUT2D eigenvalue weighted by atomic mass is 16.3. The number of aryl methyl sites for hydroxylation is 1. The summed E-state index contributed by atoms with van der Waals surface area (Å²) in [4.78, 5) is 9.14. The van der Waals surface area contributed by atoms with Crippen molar-refractivity contribution in [3.05, 3.63) is 24.1 Å². The van der Waals surface area contributed by atoms with E-state index < -0.39 is 0 Å². The zero-order chi connectivity index (χ0) is 11.8. The number of nitrogens with zero attached hydrogens (tertiary/aromatic N) is 3. The molecule has 4 nitrogen and oxygen atoms in total. The zero-order valence-electron chi connectivity index (χ0n) is 10.3. The fourth-order valence-electron chi connectivity index (χ4n) is 2.29. The van der Waals surface area contributed by atoms with Gasteiger partial charge >= 0.3 is 0 Å². The molecule has 2 aromatic rings. The Labute approximate surface area is 101 Å². The molecule has 0 bridgehead atoms. The predicted molar refractivity (Wildman–Crippen MR) is 68.5 cm³/mol. The molecule has 1 fully saturated rings. The van der Waals surface area contributed by atoms with Crippen molar-refractivity contribution in [3.63, 3.8) is 0 Å². The molecule has 3 rings (SSSR count). The van der Waals surface area contributed by atoms with Crippen molar-refractivity contribution in [1.82, 2.24) is 9.88 Å². The van der Waals surface area contributed by atoms with E-state index in [1.807, 2.05) is 13.0 Å². The summed E-state index contributed by atoms with van der Waals surface area (Å²) < 4.78 is 5.49. The Morgan fingerprint density at radius 2 is 1.94 bits per heavy atom. The largest absolute Gasteiger partial charge is 0.441 e. The molecule has 0 amide bonds. The standard InChI is InChI=1S/C13H17N3O/c1-10-14-12-9-11(3-4-13(12)17-10)16-7-5-15(2)6-8-16/h3-4,9H,5-8H2,1-2H3. The van der Waals surface area contributed by atoms with Crippen LogP contribution in [0, 0.1) is 6.92 Å². The fraction of sp³-hybridized carbons (Fsp3) is 0.462. The molecule has 0 N–H and O–H groups in total. The predicted octanol–water partition coefficient (Wildman–Crippen LogP) is 1.89. The fourth-order valence-corrected chi connectivity index (χ4v) is 2.29. The van der Waals surface area contributed by atoms with E-state index in [1.54, 1.807) is 0 Å². The van der Waals surface area contributed by atoms with Gasteiger partial charge in [-0.25, -0.2) is 4.98 Å². The van der Waals surface area contributed by atoms with Crippen LogP contribution in [0.4, 0.5) is 5.69 Å². The summed E-state index contributed by atoms with van der Waals surface area (Å²) >= 11 is 0. The van der Waals surface area contributed by atoms with Crippen LogP contribution >= 0.6 is 0 Å². The molecular formula is C13H17N3O. The number of fused-ring (bicyclic) bond motifs is 1. The molecule has 1 saturated heterocycles. The number of aromatic nitrogens is 1. The third-order valence-electron chi connectivity index (χ3n) is 3.35. The highest BCUT2D eigenvalue weighted by Crippen LogP contribution is 2.23. The second-order valence-electron chi connectivity index (χ2n) is 4.68. The first-order valence-corrected chi connectivity index (χ1v) is 6.03. The average Bonchev–Trinajstić information content (AvgIpc) is 2.69. The minimum absolute atomic E-state index is 0.732. The Morgan fingerprint density at radius 1 is 1.18 bits per heavy atom. The van der Waals surface area contributed by atoms with Gasteiger partial charge in [0.1, 0.15) is 5.52 Å². The lowest BCUT2D eigenvalue weighted by Gasteiger charge is -2.33. The molecule has 1 aromatic heterocycles. The first kappa shape index (κ1) is 10.6. The van der Waals surface area contributed by atoms with Gasteiger partial charge in [-0.15, -0.1) is 0 Å². The van der Waals surface area contributed by atoms with Crippen LogP contribution in [0.5, 0.6) is 0 Å². The highest BCUT2D eigenvalue weighted by molar-refractivity contribution is 5.77. The first-order valence-electron chi connectivity index (χ1n) is 6.03. The molecule has 1 aromatic carbocycles. The van der Waals surface area contributed by atoms with Gasteiger partial charge in [-0.3, -0.25) is 0 Å². The van der Waals surface area contributed by atoms with Crippen LogP contribution < -0.4 is 4.90 Å². The molecule has 0 unspecified atom stereocenters. The van der Waals surface area contributed by atoms with E-state index in [0.717, 1.165) is 43.2 Å². The SMILES string of the molecule is Cc1nc2cc(N3CCN(C)CC3)ccc2o1. The molecule has 0 aliphatic carbocycles.